The summed E-state index contributed by atoms with van der Waals surface area (Å²) in [4.78, 5) is 16.8. The first-order valence-corrected chi connectivity index (χ1v) is 7.71. The molecule has 0 spiro atoms. The zero-order chi connectivity index (χ0) is 13.2. The first kappa shape index (κ1) is 12.8. The third-order valence-electron chi connectivity index (χ3n) is 5.11. The van der Waals surface area contributed by atoms with Crippen molar-refractivity contribution < 1.29 is 4.79 Å². The van der Waals surface area contributed by atoms with Crippen LogP contribution in [0.3, 0.4) is 0 Å². The standard InChI is InChI=1S/C17H23NO/c1-12-6-7-16(11-18-12)17(19)15-9-8-13-4-2-3-5-14(13)10-15/h6-7,11,13-15H,2-5,8-10H2,1H3. The molecule has 1 heterocycles. The van der Waals surface area contributed by atoms with Gasteiger partial charge >= 0.3 is 0 Å². The predicted molar refractivity (Wildman–Crippen MR) is 76.1 cm³/mol. The average Bonchev–Trinajstić information content (AvgIpc) is 2.47. The second kappa shape index (κ2) is 5.44. The normalized spacial score (nSPS) is 30.7. The highest BCUT2D eigenvalue weighted by molar-refractivity contribution is 5.97. The Morgan fingerprint density at radius 2 is 1.89 bits per heavy atom. The van der Waals surface area contributed by atoms with Gasteiger partial charge in [-0.1, -0.05) is 25.7 Å². The van der Waals surface area contributed by atoms with Gasteiger partial charge < -0.3 is 0 Å². The highest BCUT2D eigenvalue weighted by atomic mass is 16.1. The fraction of sp³-hybridized carbons (Fsp3) is 0.647. The second-order valence-electron chi connectivity index (χ2n) is 6.37. The number of carbonyl (C=O) groups is 1. The fourth-order valence-electron chi connectivity index (χ4n) is 3.96. The first-order valence-electron chi connectivity index (χ1n) is 7.71. The molecule has 2 saturated carbocycles. The number of fused-ring (bicyclic) bond motifs is 1. The molecule has 2 fully saturated rings. The lowest BCUT2D eigenvalue weighted by molar-refractivity contribution is 0.0763. The van der Waals surface area contributed by atoms with Crippen molar-refractivity contribution in [1.82, 2.24) is 4.98 Å². The lowest BCUT2D eigenvalue weighted by Crippen LogP contribution is -2.31. The minimum atomic E-state index is 0.254. The molecule has 2 nitrogen and oxygen atoms in total. The average molecular weight is 257 g/mol. The molecular formula is C17H23NO. The minimum Gasteiger partial charge on any atom is -0.294 e. The third-order valence-corrected chi connectivity index (χ3v) is 5.11. The molecule has 1 aromatic rings. The Kier molecular flexibility index (Phi) is 3.67. The van der Waals surface area contributed by atoms with Crippen LogP contribution in [0.5, 0.6) is 0 Å². The molecule has 102 valence electrons. The number of Topliss-reactive ketones (excluding diaryl/α,β-unsaturated/α-hetero) is 1. The molecule has 0 aliphatic heterocycles. The molecule has 2 aliphatic carbocycles. The van der Waals surface area contributed by atoms with E-state index < -0.39 is 0 Å². The Balaban J connectivity index is 1.69. The predicted octanol–water partition coefficient (Wildman–Crippen LogP) is 4.18. The fourth-order valence-corrected chi connectivity index (χ4v) is 3.96. The summed E-state index contributed by atoms with van der Waals surface area (Å²) in [5.74, 6) is 2.31. The summed E-state index contributed by atoms with van der Waals surface area (Å²) in [7, 11) is 0. The molecule has 3 rings (SSSR count). The van der Waals surface area contributed by atoms with Gasteiger partial charge in [-0.2, -0.15) is 0 Å². The van der Waals surface area contributed by atoms with Crippen molar-refractivity contribution in [2.24, 2.45) is 17.8 Å². The van der Waals surface area contributed by atoms with Crippen LogP contribution in [0.2, 0.25) is 0 Å². The van der Waals surface area contributed by atoms with E-state index in [0.29, 0.717) is 5.78 Å². The van der Waals surface area contributed by atoms with E-state index in [-0.39, 0.29) is 5.92 Å². The molecule has 0 N–H and O–H groups in total. The van der Waals surface area contributed by atoms with E-state index in [2.05, 4.69) is 4.98 Å². The van der Waals surface area contributed by atoms with Crippen molar-refractivity contribution in [2.75, 3.05) is 0 Å². The maximum absolute atomic E-state index is 12.5. The molecule has 0 aromatic carbocycles. The van der Waals surface area contributed by atoms with Gasteiger partial charge in [0.05, 0.1) is 0 Å². The Hall–Kier alpha value is -1.18. The molecule has 2 aliphatic rings. The molecular weight excluding hydrogens is 234 g/mol. The van der Waals surface area contributed by atoms with Gasteiger partial charge in [0.25, 0.3) is 0 Å². The molecule has 19 heavy (non-hydrogen) atoms. The second-order valence-corrected chi connectivity index (χ2v) is 6.37. The highest BCUT2D eigenvalue weighted by Gasteiger charge is 2.35. The van der Waals surface area contributed by atoms with E-state index in [1.54, 1.807) is 6.20 Å². The van der Waals surface area contributed by atoms with Gasteiger partial charge in [-0.25, -0.2) is 0 Å². The van der Waals surface area contributed by atoms with Crippen molar-refractivity contribution in [3.8, 4) is 0 Å². The minimum absolute atomic E-state index is 0.254. The topological polar surface area (TPSA) is 30.0 Å². The molecule has 0 amide bonds. The quantitative estimate of drug-likeness (QED) is 0.744. The van der Waals surface area contributed by atoms with Crippen LogP contribution in [0.15, 0.2) is 18.3 Å². The van der Waals surface area contributed by atoms with Gasteiger partial charge in [-0.3, -0.25) is 9.78 Å². The summed E-state index contributed by atoms with van der Waals surface area (Å²) in [5.41, 5.74) is 1.79. The molecule has 2 heteroatoms. The van der Waals surface area contributed by atoms with Crippen LogP contribution < -0.4 is 0 Å². The zero-order valence-corrected chi connectivity index (χ0v) is 11.8. The van der Waals surface area contributed by atoms with Crippen LogP contribution in [-0.4, -0.2) is 10.8 Å². The highest BCUT2D eigenvalue weighted by Crippen LogP contribution is 2.43. The van der Waals surface area contributed by atoms with Crippen LogP contribution in [0.25, 0.3) is 0 Å². The first-order chi connectivity index (χ1) is 9.24. The number of rotatable bonds is 2. The van der Waals surface area contributed by atoms with E-state index in [4.69, 9.17) is 0 Å². The van der Waals surface area contributed by atoms with Crippen LogP contribution in [0.1, 0.15) is 61.0 Å². The van der Waals surface area contributed by atoms with Gasteiger partial charge in [0.15, 0.2) is 5.78 Å². The number of pyridine rings is 1. The summed E-state index contributed by atoms with van der Waals surface area (Å²) < 4.78 is 0. The summed E-state index contributed by atoms with van der Waals surface area (Å²) in [6.07, 6.45) is 10.8. The summed E-state index contributed by atoms with van der Waals surface area (Å²) in [6.45, 7) is 1.96. The smallest absolute Gasteiger partial charge is 0.167 e. The summed E-state index contributed by atoms with van der Waals surface area (Å²) in [5, 5.41) is 0. The Labute approximate surface area is 115 Å². The van der Waals surface area contributed by atoms with E-state index in [1.807, 2.05) is 19.1 Å². The summed E-state index contributed by atoms with van der Waals surface area (Å²) in [6, 6.07) is 3.89. The molecule has 0 saturated heterocycles. The van der Waals surface area contributed by atoms with Crippen LogP contribution in [-0.2, 0) is 0 Å². The van der Waals surface area contributed by atoms with Crippen LogP contribution >= 0.6 is 0 Å². The van der Waals surface area contributed by atoms with E-state index in [1.165, 1.54) is 32.1 Å². The van der Waals surface area contributed by atoms with Crippen LogP contribution in [0.4, 0.5) is 0 Å². The van der Waals surface area contributed by atoms with Gasteiger partial charge in [0.1, 0.15) is 0 Å². The SMILES string of the molecule is Cc1ccc(C(=O)C2CCC3CCCCC3C2)cn1. The number of aryl methyl sites for hydroxylation is 1. The van der Waals surface area contributed by atoms with Crippen molar-refractivity contribution in [3.05, 3.63) is 29.6 Å². The number of ketones is 1. The lowest BCUT2D eigenvalue weighted by atomic mass is 9.66. The number of carbonyl (C=O) groups excluding carboxylic acids is 1. The lowest BCUT2D eigenvalue weighted by Gasteiger charge is -2.38. The molecule has 0 radical (unpaired) electrons. The summed E-state index contributed by atoms with van der Waals surface area (Å²) >= 11 is 0. The zero-order valence-electron chi connectivity index (χ0n) is 11.8. The van der Waals surface area contributed by atoms with E-state index in [0.717, 1.165) is 35.9 Å². The molecule has 3 atom stereocenters. The monoisotopic (exact) mass is 257 g/mol. The van der Waals surface area contributed by atoms with Crippen molar-refractivity contribution >= 4 is 5.78 Å². The van der Waals surface area contributed by atoms with Gasteiger partial charge in [0, 0.05) is 23.4 Å². The molecule has 0 bridgehead atoms. The van der Waals surface area contributed by atoms with E-state index in [9.17, 15) is 4.79 Å². The Morgan fingerprint density at radius 1 is 1.11 bits per heavy atom. The van der Waals surface area contributed by atoms with E-state index >= 15 is 0 Å². The van der Waals surface area contributed by atoms with Crippen LogP contribution in [0, 0.1) is 24.7 Å². The third kappa shape index (κ3) is 2.72. The van der Waals surface area contributed by atoms with Gasteiger partial charge in [-0.05, 0) is 50.2 Å². The number of hydrogen-bond acceptors (Lipinski definition) is 2. The number of aromatic nitrogens is 1. The Morgan fingerprint density at radius 3 is 2.63 bits per heavy atom. The number of nitrogens with zero attached hydrogens (tertiary/aromatic N) is 1. The van der Waals surface area contributed by atoms with Crippen molar-refractivity contribution in [1.29, 1.82) is 0 Å². The maximum atomic E-state index is 12.5. The molecule has 3 unspecified atom stereocenters. The molecule has 1 aromatic heterocycles. The van der Waals surface area contributed by atoms with Gasteiger partial charge in [0.2, 0.25) is 0 Å². The number of hydrogen-bond donors (Lipinski definition) is 0. The van der Waals surface area contributed by atoms with Gasteiger partial charge in [-0.15, -0.1) is 0 Å². The Bertz CT molecular complexity index is 451. The largest absolute Gasteiger partial charge is 0.294 e. The maximum Gasteiger partial charge on any atom is 0.167 e. The van der Waals surface area contributed by atoms with Crippen molar-refractivity contribution in [2.45, 2.75) is 51.9 Å². The van der Waals surface area contributed by atoms with Crippen molar-refractivity contribution in [3.63, 3.8) is 0 Å².